The Hall–Kier alpha value is -3.40. The second kappa shape index (κ2) is 7.92. The summed E-state index contributed by atoms with van der Waals surface area (Å²) in [5.74, 6) is -0.220. The van der Waals surface area contributed by atoms with Crippen molar-refractivity contribution in [1.82, 2.24) is 34.2 Å². The van der Waals surface area contributed by atoms with Crippen LogP contribution in [-0.2, 0) is 13.1 Å². The number of benzene rings is 1. The second-order valence-electron chi connectivity index (χ2n) is 6.72. The maximum Gasteiger partial charge on any atom is 0.265 e. The number of carbonyl (C=O) groups excluding carboxylic acids is 1. The van der Waals surface area contributed by atoms with Gasteiger partial charge >= 0.3 is 0 Å². The first-order chi connectivity index (χ1) is 14.0. The molecule has 0 aliphatic heterocycles. The Labute approximate surface area is 170 Å². The highest BCUT2D eigenvalue weighted by Crippen LogP contribution is 2.10. The van der Waals surface area contributed by atoms with Gasteiger partial charge in [0.1, 0.15) is 16.6 Å². The summed E-state index contributed by atoms with van der Waals surface area (Å²) in [6.07, 6.45) is 3.06. The van der Waals surface area contributed by atoms with Gasteiger partial charge in [-0.1, -0.05) is 34.3 Å². The summed E-state index contributed by atoms with van der Waals surface area (Å²) in [6.45, 7) is 4.96. The van der Waals surface area contributed by atoms with Crippen molar-refractivity contribution in [2.45, 2.75) is 26.9 Å². The molecule has 0 spiro atoms. The van der Waals surface area contributed by atoms with Crippen LogP contribution in [0.5, 0.6) is 0 Å². The molecule has 3 heterocycles. The van der Waals surface area contributed by atoms with Gasteiger partial charge in [-0.05, 0) is 30.9 Å². The molecule has 29 heavy (non-hydrogen) atoms. The summed E-state index contributed by atoms with van der Waals surface area (Å²) in [7, 11) is 0. The average Bonchev–Trinajstić information content (AvgIpc) is 3.31. The summed E-state index contributed by atoms with van der Waals surface area (Å²) in [4.78, 5) is 29.8. The van der Waals surface area contributed by atoms with Crippen molar-refractivity contribution in [1.29, 1.82) is 0 Å². The van der Waals surface area contributed by atoms with Gasteiger partial charge in [-0.2, -0.15) is 5.10 Å². The highest BCUT2D eigenvalue weighted by atomic mass is 32.1. The van der Waals surface area contributed by atoms with Crippen molar-refractivity contribution in [3.05, 3.63) is 68.8 Å². The molecule has 4 rings (SSSR count). The Morgan fingerprint density at radius 1 is 1.28 bits per heavy atom. The SMILES string of the molecule is Cc1cccc(Cn2cnc3c(cnn3CCNC(=O)c3snnc3C)c2=O)c1. The molecule has 0 radical (unpaired) electrons. The molecule has 0 saturated carbocycles. The van der Waals surface area contributed by atoms with Crippen LogP contribution in [0.15, 0.2) is 41.6 Å². The van der Waals surface area contributed by atoms with E-state index in [2.05, 4.69) is 25.0 Å². The molecule has 0 atom stereocenters. The van der Waals surface area contributed by atoms with Crippen LogP contribution >= 0.6 is 11.5 Å². The quantitative estimate of drug-likeness (QED) is 0.518. The number of nitrogens with one attached hydrogen (secondary N) is 1. The Morgan fingerprint density at radius 2 is 2.14 bits per heavy atom. The first-order valence-electron chi connectivity index (χ1n) is 9.06. The van der Waals surface area contributed by atoms with Crippen LogP contribution in [-0.4, -0.2) is 41.4 Å². The highest BCUT2D eigenvalue weighted by Gasteiger charge is 2.14. The summed E-state index contributed by atoms with van der Waals surface area (Å²) in [5, 5.41) is 11.4. The number of hydrogen-bond acceptors (Lipinski definition) is 7. The number of carbonyl (C=O) groups is 1. The van der Waals surface area contributed by atoms with Gasteiger partial charge in [0.15, 0.2) is 5.65 Å². The van der Waals surface area contributed by atoms with Gasteiger partial charge in [-0.25, -0.2) is 9.67 Å². The van der Waals surface area contributed by atoms with Gasteiger partial charge < -0.3 is 5.32 Å². The fourth-order valence-corrected chi connectivity index (χ4v) is 3.65. The maximum absolute atomic E-state index is 12.8. The fraction of sp³-hybridized carbons (Fsp3) is 0.263. The zero-order valence-electron chi connectivity index (χ0n) is 16.0. The fourth-order valence-electron chi connectivity index (χ4n) is 3.08. The van der Waals surface area contributed by atoms with Crippen molar-refractivity contribution in [2.24, 2.45) is 0 Å². The van der Waals surface area contributed by atoms with Crippen molar-refractivity contribution in [3.63, 3.8) is 0 Å². The molecule has 0 unspecified atom stereocenters. The molecule has 1 aromatic carbocycles. The normalized spacial score (nSPS) is 11.1. The molecule has 1 amide bonds. The van der Waals surface area contributed by atoms with E-state index in [1.165, 1.54) is 12.5 Å². The largest absolute Gasteiger partial charge is 0.349 e. The Kier molecular flexibility index (Phi) is 5.17. The van der Waals surface area contributed by atoms with Crippen molar-refractivity contribution in [2.75, 3.05) is 6.54 Å². The van der Waals surface area contributed by atoms with E-state index in [1.807, 2.05) is 31.2 Å². The molecule has 4 aromatic rings. The van der Waals surface area contributed by atoms with E-state index < -0.39 is 0 Å². The van der Waals surface area contributed by atoms with E-state index in [0.717, 1.165) is 22.7 Å². The van der Waals surface area contributed by atoms with Crippen LogP contribution in [0.25, 0.3) is 11.0 Å². The Bertz CT molecular complexity index is 1240. The number of amides is 1. The van der Waals surface area contributed by atoms with E-state index >= 15 is 0 Å². The zero-order valence-corrected chi connectivity index (χ0v) is 16.8. The highest BCUT2D eigenvalue weighted by molar-refractivity contribution is 7.07. The van der Waals surface area contributed by atoms with E-state index in [4.69, 9.17) is 0 Å². The molecule has 0 bridgehead atoms. The number of aryl methyl sites for hydroxylation is 2. The van der Waals surface area contributed by atoms with Crippen LogP contribution in [0.4, 0.5) is 0 Å². The summed E-state index contributed by atoms with van der Waals surface area (Å²) in [6, 6.07) is 8.01. The van der Waals surface area contributed by atoms with Gasteiger partial charge in [0.05, 0.1) is 25.0 Å². The minimum Gasteiger partial charge on any atom is -0.349 e. The number of rotatable bonds is 6. The molecule has 3 aromatic heterocycles. The maximum atomic E-state index is 12.8. The van der Waals surface area contributed by atoms with Gasteiger partial charge in [0.25, 0.3) is 11.5 Å². The summed E-state index contributed by atoms with van der Waals surface area (Å²) < 4.78 is 6.95. The van der Waals surface area contributed by atoms with E-state index in [-0.39, 0.29) is 11.5 Å². The molecule has 0 aliphatic carbocycles. The molecule has 1 N–H and O–H groups in total. The third-order valence-electron chi connectivity index (χ3n) is 4.52. The smallest absolute Gasteiger partial charge is 0.265 e. The Morgan fingerprint density at radius 3 is 2.90 bits per heavy atom. The third-order valence-corrected chi connectivity index (χ3v) is 5.35. The van der Waals surface area contributed by atoms with Gasteiger partial charge in [0.2, 0.25) is 0 Å². The summed E-state index contributed by atoms with van der Waals surface area (Å²) in [5.41, 5.74) is 3.14. The van der Waals surface area contributed by atoms with E-state index in [0.29, 0.717) is 41.2 Å². The molecule has 148 valence electrons. The topological polar surface area (TPSA) is 108 Å². The minimum atomic E-state index is -0.220. The van der Waals surface area contributed by atoms with Crippen LogP contribution in [0.3, 0.4) is 0 Å². The molecule has 10 heteroatoms. The van der Waals surface area contributed by atoms with Gasteiger partial charge in [-0.3, -0.25) is 14.2 Å². The van der Waals surface area contributed by atoms with E-state index in [1.54, 1.807) is 16.2 Å². The van der Waals surface area contributed by atoms with Gasteiger partial charge in [-0.15, -0.1) is 5.10 Å². The lowest BCUT2D eigenvalue weighted by molar-refractivity contribution is 0.0955. The van der Waals surface area contributed by atoms with Crippen LogP contribution in [0, 0.1) is 13.8 Å². The first-order valence-corrected chi connectivity index (χ1v) is 9.84. The average molecular weight is 409 g/mol. The van der Waals surface area contributed by atoms with Crippen molar-refractivity contribution >= 4 is 28.5 Å². The first kappa shape index (κ1) is 18.9. The number of hydrogen-bond donors (Lipinski definition) is 1. The lowest BCUT2D eigenvalue weighted by Gasteiger charge is -2.07. The standard InChI is InChI=1S/C19H19N7O2S/c1-12-4-3-5-14(8-12)10-25-11-21-17-15(19(25)28)9-22-26(17)7-6-20-18(27)16-13(2)23-24-29-16/h3-5,8-9,11H,6-7,10H2,1-2H3,(H,20,27). The van der Waals surface area contributed by atoms with Crippen LogP contribution < -0.4 is 10.9 Å². The Balaban J connectivity index is 1.48. The molecular formula is C19H19N7O2S. The number of fused-ring (bicyclic) bond motifs is 1. The van der Waals surface area contributed by atoms with Gasteiger partial charge in [0, 0.05) is 6.54 Å². The van der Waals surface area contributed by atoms with Crippen molar-refractivity contribution in [3.8, 4) is 0 Å². The minimum absolute atomic E-state index is 0.141. The molecule has 0 saturated heterocycles. The second-order valence-corrected chi connectivity index (χ2v) is 7.47. The number of aromatic nitrogens is 6. The number of nitrogens with zero attached hydrogens (tertiary/aromatic N) is 6. The van der Waals surface area contributed by atoms with E-state index in [9.17, 15) is 9.59 Å². The zero-order chi connectivity index (χ0) is 20.4. The monoisotopic (exact) mass is 409 g/mol. The molecular weight excluding hydrogens is 390 g/mol. The lowest BCUT2D eigenvalue weighted by atomic mass is 10.1. The van der Waals surface area contributed by atoms with Crippen LogP contribution in [0.1, 0.15) is 26.5 Å². The molecule has 9 nitrogen and oxygen atoms in total. The predicted octanol–water partition coefficient (Wildman–Crippen LogP) is 1.54. The molecule has 0 fully saturated rings. The third kappa shape index (κ3) is 3.92. The lowest BCUT2D eigenvalue weighted by Crippen LogP contribution is -2.27. The predicted molar refractivity (Wildman–Crippen MR) is 109 cm³/mol. The van der Waals surface area contributed by atoms with Crippen LogP contribution in [0.2, 0.25) is 0 Å². The van der Waals surface area contributed by atoms with Crippen molar-refractivity contribution < 1.29 is 4.79 Å². The summed E-state index contributed by atoms with van der Waals surface area (Å²) >= 11 is 1.06. The molecule has 0 aliphatic rings.